The molecule has 0 radical (unpaired) electrons. The van der Waals surface area contributed by atoms with Gasteiger partial charge in [0.25, 0.3) is 0 Å². The third-order valence-corrected chi connectivity index (χ3v) is 9.37. The summed E-state index contributed by atoms with van der Waals surface area (Å²) in [5, 5.41) is 13.7. The van der Waals surface area contributed by atoms with E-state index in [0.717, 1.165) is 6.20 Å². The average Bonchev–Trinajstić information content (AvgIpc) is 2.46. The number of rotatable bonds is 4. The van der Waals surface area contributed by atoms with Gasteiger partial charge in [-0.15, -0.1) is 0 Å². The lowest BCUT2D eigenvalue weighted by atomic mass is 9.96. The molecule has 136 valence electrons. The van der Waals surface area contributed by atoms with Crippen LogP contribution in [-0.2, 0) is 5.60 Å². The van der Waals surface area contributed by atoms with Crippen LogP contribution in [0.25, 0.3) is 0 Å². The summed E-state index contributed by atoms with van der Waals surface area (Å²) >= 11 is 0. The number of aromatic nitrogens is 1. The number of hydrogen-bond donors (Lipinski definition) is 1. The number of aliphatic hydroxyl groups is 1. The van der Waals surface area contributed by atoms with E-state index in [2.05, 4.69) is 16.2 Å². The highest BCUT2D eigenvalue weighted by Crippen LogP contribution is 2.59. The zero-order valence-corrected chi connectivity index (χ0v) is 15.8. The first-order valence-corrected chi connectivity index (χ1v) is 9.75. The van der Waals surface area contributed by atoms with E-state index in [1.54, 1.807) is 0 Å². The molecule has 0 saturated carbocycles. The molecule has 1 atom stereocenters. The van der Waals surface area contributed by atoms with E-state index in [-0.39, 0.29) is 21.3 Å². The Kier molecular flexibility index (Phi) is 6.40. The summed E-state index contributed by atoms with van der Waals surface area (Å²) < 4.78 is 40.8. The van der Waals surface area contributed by atoms with E-state index in [1.165, 1.54) is 18.3 Å². The van der Waals surface area contributed by atoms with Crippen molar-refractivity contribution in [3.05, 3.63) is 30.1 Å². The number of halogens is 3. The van der Waals surface area contributed by atoms with Crippen molar-refractivity contribution in [3.8, 4) is 11.2 Å². The van der Waals surface area contributed by atoms with Gasteiger partial charge in [0.1, 0.15) is 0 Å². The van der Waals surface area contributed by atoms with Crippen molar-refractivity contribution in [2.24, 2.45) is 0 Å². The van der Waals surface area contributed by atoms with Crippen molar-refractivity contribution in [2.45, 2.75) is 69.1 Å². The lowest BCUT2D eigenvalue weighted by molar-refractivity contribution is -0.240. The fraction of sp³-hybridized carbons (Fsp3) is 0.611. The van der Waals surface area contributed by atoms with Gasteiger partial charge in [-0.25, -0.2) is 0 Å². The Morgan fingerprint density at radius 2 is 1.54 bits per heavy atom. The SMILES string of the molecule is CC(C)S(C#CC(O)(c1cccnc1)C(F)(F)F)(C(C)C)C(C)C. The van der Waals surface area contributed by atoms with Crippen LogP contribution in [0.2, 0.25) is 0 Å². The third-order valence-electron chi connectivity index (χ3n) is 4.24. The normalized spacial score (nSPS) is 16.0. The third kappa shape index (κ3) is 3.73. The van der Waals surface area contributed by atoms with Crippen LogP contribution in [-0.4, -0.2) is 32.0 Å². The molecule has 1 rings (SSSR count). The first-order chi connectivity index (χ1) is 10.9. The standard InChI is InChI=1S/C18H26F3NOS/c1-13(2)24(14(3)4,15(5)6)11-9-17(23,18(19,20)21)16-8-7-10-22-12-16/h7-8,10,12-15,23H,1-6H3. The van der Waals surface area contributed by atoms with E-state index < -0.39 is 21.8 Å². The second kappa shape index (κ2) is 7.37. The molecule has 1 unspecified atom stereocenters. The fourth-order valence-corrected chi connectivity index (χ4v) is 7.33. The largest absolute Gasteiger partial charge is 0.433 e. The maximum absolute atomic E-state index is 13.6. The van der Waals surface area contributed by atoms with Gasteiger partial charge >= 0.3 is 6.18 Å². The molecule has 0 saturated heterocycles. The maximum atomic E-state index is 13.6. The fourth-order valence-electron chi connectivity index (χ4n) is 3.03. The van der Waals surface area contributed by atoms with Gasteiger partial charge < -0.3 is 5.11 Å². The predicted octanol–water partition coefficient (Wildman–Crippen LogP) is 4.82. The van der Waals surface area contributed by atoms with Crippen LogP contribution in [0.4, 0.5) is 13.2 Å². The number of pyridine rings is 1. The molecule has 0 aliphatic heterocycles. The Hall–Kier alpha value is -1.19. The van der Waals surface area contributed by atoms with Crippen LogP contribution < -0.4 is 0 Å². The molecule has 0 aliphatic rings. The first kappa shape index (κ1) is 20.9. The molecule has 1 heterocycles. The van der Waals surface area contributed by atoms with Crippen molar-refractivity contribution in [1.29, 1.82) is 0 Å². The highest BCUT2D eigenvalue weighted by Gasteiger charge is 2.55. The Morgan fingerprint density at radius 3 is 1.88 bits per heavy atom. The van der Waals surface area contributed by atoms with Gasteiger partial charge in [0.15, 0.2) is 0 Å². The Balaban J connectivity index is 3.59. The average molecular weight is 361 g/mol. The molecule has 1 aromatic rings. The van der Waals surface area contributed by atoms with Crippen molar-refractivity contribution < 1.29 is 18.3 Å². The van der Waals surface area contributed by atoms with Crippen molar-refractivity contribution in [1.82, 2.24) is 4.98 Å². The van der Waals surface area contributed by atoms with Crippen LogP contribution in [0.15, 0.2) is 24.5 Å². The summed E-state index contributed by atoms with van der Waals surface area (Å²) in [4.78, 5) is 3.69. The number of alkyl halides is 3. The van der Waals surface area contributed by atoms with Gasteiger partial charge in [-0.3, -0.25) is 4.98 Å². The minimum atomic E-state index is -4.90. The molecular weight excluding hydrogens is 335 g/mol. The Labute approximate surface area is 144 Å². The lowest BCUT2D eigenvalue weighted by Gasteiger charge is -2.46. The van der Waals surface area contributed by atoms with Crippen LogP contribution >= 0.6 is 10.0 Å². The molecule has 2 nitrogen and oxygen atoms in total. The summed E-state index contributed by atoms with van der Waals surface area (Å²) in [6.45, 7) is 11.9. The Morgan fingerprint density at radius 1 is 1.04 bits per heavy atom. The van der Waals surface area contributed by atoms with Gasteiger partial charge in [-0.05, 0) is 33.0 Å². The molecule has 6 heteroatoms. The number of nitrogens with zero attached hydrogens (tertiary/aromatic N) is 1. The highest BCUT2D eigenvalue weighted by atomic mass is 32.3. The van der Waals surface area contributed by atoms with Crippen molar-refractivity contribution in [2.75, 3.05) is 0 Å². The zero-order chi connectivity index (χ0) is 18.8. The van der Waals surface area contributed by atoms with Gasteiger partial charge in [0.2, 0.25) is 5.60 Å². The Bertz CT molecular complexity index is 580. The van der Waals surface area contributed by atoms with Crippen LogP contribution in [0.3, 0.4) is 0 Å². The topological polar surface area (TPSA) is 33.1 Å². The van der Waals surface area contributed by atoms with E-state index in [9.17, 15) is 18.3 Å². The summed E-state index contributed by atoms with van der Waals surface area (Å²) in [6.07, 6.45) is -2.53. The van der Waals surface area contributed by atoms with Crippen LogP contribution in [0.5, 0.6) is 0 Å². The number of hydrogen-bond acceptors (Lipinski definition) is 2. The predicted molar refractivity (Wildman–Crippen MR) is 95.0 cm³/mol. The first-order valence-electron chi connectivity index (χ1n) is 7.93. The molecule has 0 spiro atoms. The molecule has 0 bridgehead atoms. The summed E-state index contributed by atoms with van der Waals surface area (Å²) in [5.74, 6) is 2.21. The molecule has 0 aliphatic carbocycles. The molecule has 0 aromatic carbocycles. The van der Waals surface area contributed by atoms with Gasteiger partial charge in [-0.1, -0.05) is 47.6 Å². The van der Waals surface area contributed by atoms with Crippen LogP contribution in [0, 0.1) is 11.2 Å². The summed E-state index contributed by atoms with van der Waals surface area (Å²) in [7, 11) is -1.69. The second-order valence-corrected chi connectivity index (χ2v) is 11.1. The lowest BCUT2D eigenvalue weighted by Crippen LogP contribution is -2.41. The molecular formula is C18H26F3NOS. The van der Waals surface area contributed by atoms with E-state index in [0.29, 0.717) is 0 Å². The van der Waals surface area contributed by atoms with Gasteiger partial charge in [0, 0.05) is 18.0 Å². The summed E-state index contributed by atoms with van der Waals surface area (Å²) in [5.41, 5.74) is -3.56. The molecule has 24 heavy (non-hydrogen) atoms. The van der Waals surface area contributed by atoms with Crippen LogP contribution in [0.1, 0.15) is 47.1 Å². The van der Waals surface area contributed by atoms with Gasteiger partial charge in [0.05, 0.1) is 0 Å². The highest BCUT2D eigenvalue weighted by molar-refractivity contribution is 8.38. The maximum Gasteiger partial charge on any atom is 0.433 e. The minimum Gasteiger partial charge on any atom is -0.366 e. The quantitative estimate of drug-likeness (QED) is 0.780. The van der Waals surface area contributed by atoms with Gasteiger partial charge in [-0.2, -0.15) is 23.2 Å². The molecule has 0 fully saturated rings. The van der Waals surface area contributed by atoms with E-state index in [1.807, 2.05) is 41.5 Å². The molecule has 0 amide bonds. The van der Waals surface area contributed by atoms with Crippen molar-refractivity contribution >= 4 is 10.0 Å². The smallest absolute Gasteiger partial charge is 0.366 e. The molecule has 1 N–H and O–H groups in total. The second-order valence-electron chi connectivity index (χ2n) is 6.58. The van der Waals surface area contributed by atoms with E-state index >= 15 is 0 Å². The van der Waals surface area contributed by atoms with Crippen molar-refractivity contribution in [3.63, 3.8) is 0 Å². The van der Waals surface area contributed by atoms with E-state index in [4.69, 9.17) is 0 Å². The molecule has 1 aromatic heterocycles. The minimum absolute atomic E-state index is 0.122. The summed E-state index contributed by atoms with van der Waals surface area (Å²) in [6, 6.07) is 2.56. The zero-order valence-electron chi connectivity index (χ0n) is 15.0. The monoisotopic (exact) mass is 361 g/mol.